The molecule has 7 heteroatoms. The Morgan fingerprint density at radius 1 is 1.20 bits per heavy atom. The highest BCUT2D eigenvalue weighted by molar-refractivity contribution is 6.33. The number of ether oxygens (including phenoxy) is 1. The van der Waals surface area contributed by atoms with Crippen molar-refractivity contribution in [3.8, 4) is 0 Å². The number of carbonyl (C=O) groups is 2. The van der Waals surface area contributed by atoms with Gasteiger partial charge in [0.1, 0.15) is 0 Å². The standard InChI is InChI=1S/C18H26ClN3O3/c1-18(2,22-9-11-25-12-10-22)13-21-16(23)7-8-20-17(24)14-5-3-4-6-15(14)19/h3-6H,7-13H2,1-2H3,(H,20,24)(H,21,23). The summed E-state index contributed by atoms with van der Waals surface area (Å²) in [6.07, 6.45) is 0.232. The fourth-order valence-electron chi connectivity index (χ4n) is 2.71. The van der Waals surface area contributed by atoms with Crippen LogP contribution in [0.4, 0.5) is 0 Å². The molecule has 25 heavy (non-hydrogen) atoms. The molecule has 6 nitrogen and oxygen atoms in total. The molecule has 0 atom stereocenters. The minimum absolute atomic E-state index is 0.0826. The molecular formula is C18H26ClN3O3. The van der Waals surface area contributed by atoms with Crippen molar-refractivity contribution in [1.29, 1.82) is 0 Å². The van der Waals surface area contributed by atoms with Crippen LogP contribution in [-0.4, -0.2) is 61.6 Å². The lowest BCUT2D eigenvalue weighted by Crippen LogP contribution is -2.55. The predicted molar refractivity (Wildman–Crippen MR) is 97.9 cm³/mol. The minimum atomic E-state index is -0.271. The fourth-order valence-corrected chi connectivity index (χ4v) is 2.94. The average Bonchev–Trinajstić information content (AvgIpc) is 2.61. The maximum atomic E-state index is 12.0. The van der Waals surface area contributed by atoms with Crippen LogP contribution in [0.15, 0.2) is 24.3 Å². The summed E-state index contributed by atoms with van der Waals surface area (Å²) in [7, 11) is 0. The van der Waals surface area contributed by atoms with Gasteiger partial charge in [-0.1, -0.05) is 23.7 Å². The quantitative estimate of drug-likeness (QED) is 0.769. The fraction of sp³-hybridized carbons (Fsp3) is 0.556. The second-order valence-electron chi connectivity index (χ2n) is 6.67. The van der Waals surface area contributed by atoms with Gasteiger partial charge in [-0.15, -0.1) is 0 Å². The van der Waals surface area contributed by atoms with Crippen molar-refractivity contribution in [1.82, 2.24) is 15.5 Å². The van der Waals surface area contributed by atoms with Crippen molar-refractivity contribution < 1.29 is 14.3 Å². The molecule has 1 aliphatic rings. The second-order valence-corrected chi connectivity index (χ2v) is 7.08. The molecule has 0 spiro atoms. The van der Waals surface area contributed by atoms with E-state index in [1.165, 1.54) is 0 Å². The van der Waals surface area contributed by atoms with Crippen molar-refractivity contribution in [2.45, 2.75) is 25.8 Å². The zero-order valence-electron chi connectivity index (χ0n) is 14.8. The third-order valence-electron chi connectivity index (χ3n) is 4.34. The summed E-state index contributed by atoms with van der Waals surface area (Å²) >= 11 is 5.98. The van der Waals surface area contributed by atoms with Gasteiger partial charge in [0.25, 0.3) is 5.91 Å². The van der Waals surface area contributed by atoms with E-state index in [4.69, 9.17) is 16.3 Å². The van der Waals surface area contributed by atoms with E-state index in [1.807, 2.05) is 0 Å². The van der Waals surface area contributed by atoms with Crippen LogP contribution in [0.3, 0.4) is 0 Å². The van der Waals surface area contributed by atoms with Crippen molar-refractivity contribution in [2.75, 3.05) is 39.4 Å². The number of amides is 2. The van der Waals surface area contributed by atoms with Gasteiger partial charge in [-0.25, -0.2) is 0 Å². The van der Waals surface area contributed by atoms with E-state index in [0.29, 0.717) is 17.1 Å². The van der Waals surface area contributed by atoms with Crippen molar-refractivity contribution in [3.63, 3.8) is 0 Å². The molecule has 1 aromatic rings. The van der Waals surface area contributed by atoms with Gasteiger partial charge in [-0.05, 0) is 26.0 Å². The molecule has 138 valence electrons. The Kier molecular flexibility index (Phi) is 7.23. The molecular weight excluding hydrogens is 342 g/mol. The van der Waals surface area contributed by atoms with E-state index in [2.05, 4.69) is 29.4 Å². The SMILES string of the molecule is CC(C)(CNC(=O)CCNC(=O)c1ccccc1Cl)N1CCOCC1. The molecule has 0 bridgehead atoms. The van der Waals surface area contributed by atoms with E-state index >= 15 is 0 Å². The molecule has 1 heterocycles. The highest BCUT2D eigenvalue weighted by atomic mass is 35.5. The largest absolute Gasteiger partial charge is 0.379 e. The van der Waals surface area contributed by atoms with Crippen LogP contribution in [-0.2, 0) is 9.53 Å². The Morgan fingerprint density at radius 3 is 2.56 bits per heavy atom. The first kappa shape index (κ1) is 19.7. The molecule has 1 fully saturated rings. The molecule has 0 saturated carbocycles. The average molecular weight is 368 g/mol. The molecule has 2 rings (SSSR count). The van der Waals surface area contributed by atoms with Crippen LogP contribution in [0.2, 0.25) is 5.02 Å². The summed E-state index contributed by atoms with van der Waals surface area (Å²) in [5.41, 5.74) is 0.290. The number of hydrogen-bond donors (Lipinski definition) is 2. The number of nitrogens with one attached hydrogen (secondary N) is 2. The van der Waals surface area contributed by atoms with E-state index in [0.717, 1.165) is 26.3 Å². The Hall–Kier alpha value is -1.63. The number of halogens is 1. The summed E-state index contributed by atoms with van der Waals surface area (Å²) in [5.74, 6) is -0.354. The Bertz CT molecular complexity index is 601. The van der Waals surface area contributed by atoms with Crippen molar-refractivity contribution >= 4 is 23.4 Å². The molecule has 1 aliphatic heterocycles. The number of nitrogens with zero attached hydrogens (tertiary/aromatic N) is 1. The molecule has 0 aliphatic carbocycles. The lowest BCUT2D eigenvalue weighted by atomic mass is 10.0. The van der Waals surface area contributed by atoms with E-state index < -0.39 is 0 Å². The van der Waals surface area contributed by atoms with Gasteiger partial charge >= 0.3 is 0 Å². The minimum Gasteiger partial charge on any atom is -0.379 e. The van der Waals surface area contributed by atoms with Gasteiger partial charge in [0.05, 0.1) is 23.8 Å². The first-order valence-electron chi connectivity index (χ1n) is 8.52. The van der Waals surface area contributed by atoms with Crippen molar-refractivity contribution in [3.05, 3.63) is 34.9 Å². The summed E-state index contributed by atoms with van der Waals surface area (Å²) in [6, 6.07) is 6.84. The van der Waals surface area contributed by atoms with Gasteiger partial charge in [-0.2, -0.15) is 0 Å². The van der Waals surface area contributed by atoms with E-state index in [1.54, 1.807) is 24.3 Å². The Balaban J connectivity index is 1.70. The lowest BCUT2D eigenvalue weighted by molar-refractivity contribution is -0.121. The highest BCUT2D eigenvalue weighted by Gasteiger charge is 2.28. The molecule has 0 radical (unpaired) electrons. The van der Waals surface area contributed by atoms with Gasteiger partial charge in [0, 0.05) is 38.1 Å². The van der Waals surface area contributed by atoms with Crippen LogP contribution < -0.4 is 10.6 Å². The summed E-state index contributed by atoms with van der Waals surface area (Å²) in [6.45, 7) is 8.25. The topological polar surface area (TPSA) is 70.7 Å². The normalized spacial score (nSPS) is 15.6. The van der Waals surface area contributed by atoms with Crippen LogP contribution in [0, 0.1) is 0 Å². The second kappa shape index (κ2) is 9.17. The Morgan fingerprint density at radius 2 is 1.88 bits per heavy atom. The van der Waals surface area contributed by atoms with Gasteiger partial charge in [-0.3, -0.25) is 14.5 Å². The third kappa shape index (κ3) is 5.99. The number of rotatable bonds is 7. The smallest absolute Gasteiger partial charge is 0.252 e. The third-order valence-corrected chi connectivity index (χ3v) is 4.67. The van der Waals surface area contributed by atoms with E-state index in [9.17, 15) is 9.59 Å². The first-order chi connectivity index (χ1) is 11.9. The molecule has 1 aromatic carbocycles. The molecule has 0 aromatic heterocycles. The zero-order valence-corrected chi connectivity index (χ0v) is 15.6. The summed E-state index contributed by atoms with van der Waals surface area (Å²) in [5, 5.41) is 6.07. The maximum absolute atomic E-state index is 12.0. The molecule has 2 amide bonds. The first-order valence-corrected chi connectivity index (χ1v) is 8.90. The van der Waals surface area contributed by atoms with Gasteiger partial charge < -0.3 is 15.4 Å². The number of benzene rings is 1. The highest BCUT2D eigenvalue weighted by Crippen LogP contribution is 2.15. The van der Waals surface area contributed by atoms with E-state index in [-0.39, 0.29) is 30.3 Å². The van der Waals surface area contributed by atoms with Gasteiger partial charge in [0.2, 0.25) is 5.91 Å². The van der Waals surface area contributed by atoms with Crippen LogP contribution in [0.25, 0.3) is 0 Å². The zero-order chi connectivity index (χ0) is 18.3. The molecule has 1 saturated heterocycles. The molecule has 2 N–H and O–H groups in total. The summed E-state index contributed by atoms with van der Waals surface area (Å²) < 4.78 is 5.36. The van der Waals surface area contributed by atoms with Crippen LogP contribution >= 0.6 is 11.6 Å². The van der Waals surface area contributed by atoms with Gasteiger partial charge in [0.15, 0.2) is 0 Å². The monoisotopic (exact) mass is 367 g/mol. The van der Waals surface area contributed by atoms with Crippen LogP contribution in [0.1, 0.15) is 30.6 Å². The Labute approximate surface area is 153 Å². The predicted octanol–water partition coefficient (Wildman–Crippen LogP) is 1.69. The van der Waals surface area contributed by atoms with Crippen LogP contribution in [0.5, 0.6) is 0 Å². The van der Waals surface area contributed by atoms with Crippen molar-refractivity contribution in [2.24, 2.45) is 0 Å². The summed E-state index contributed by atoms with van der Waals surface area (Å²) in [4.78, 5) is 26.4. The number of morpholine rings is 1. The lowest BCUT2D eigenvalue weighted by Gasteiger charge is -2.40. The number of carbonyl (C=O) groups excluding carboxylic acids is 2. The number of hydrogen-bond acceptors (Lipinski definition) is 4. The molecule has 0 unspecified atom stereocenters. The maximum Gasteiger partial charge on any atom is 0.252 e.